The van der Waals surface area contributed by atoms with Crippen molar-refractivity contribution < 1.29 is 17.4 Å². The lowest BCUT2D eigenvalue weighted by Crippen LogP contribution is -2.06. The van der Waals surface area contributed by atoms with E-state index in [0.29, 0.717) is 27.8 Å². The molecule has 0 aliphatic rings. The number of furan rings is 1. The second-order valence-corrected chi connectivity index (χ2v) is 9.60. The van der Waals surface area contributed by atoms with Crippen molar-refractivity contribution in [1.82, 2.24) is 10.1 Å². The summed E-state index contributed by atoms with van der Waals surface area (Å²) in [5.74, 6) is 0.993. The van der Waals surface area contributed by atoms with Gasteiger partial charge >= 0.3 is 0 Å². The van der Waals surface area contributed by atoms with Crippen molar-refractivity contribution in [3.63, 3.8) is 0 Å². The molecule has 148 valence electrons. The molecule has 0 saturated carbocycles. The molecule has 4 rings (SSSR count). The maximum absolute atomic E-state index is 12.8. The Kier molecular flexibility index (Phi) is 5.14. The van der Waals surface area contributed by atoms with Crippen LogP contribution in [0.3, 0.4) is 0 Å². The molecule has 0 aliphatic carbocycles. The third-order valence-corrected chi connectivity index (χ3v) is 6.67. The molecule has 0 bridgehead atoms. The summed E-state index contributed by atoms with van der Waals surface area (Å²) in [7, 11) is -3.54. The summed E-state index contributed by atoms with van der Waals surface area (Å²) in [5, 5.41) is 3.97. The molecule has 2 heterocycles. The summed E-state index contributed by atoms with van der Waals surface area (Å²) < 4.78 is 37.4. The van der Waals surface area contributed by atoms with Crippen molar-refractivity contribution in [1.29, 1.82) is 0 Å². The molecule has 0 unspecified atom stereocenters. The molecule has 0 aliphatic heterocycles. The lowest BCUT2D eigenvalue weighted by atomic mass is 10.2. The van der Waals surface area contributed by atoms with Gasteiger partial charge in [-0.25, -0.2) is 8.42 Å². The molecule has 4 aromatic rings. The lowest BCUT2D eigenvalue weighted by Gasteiger charge is -2.07. The monoisotopic (exact) mass is 472 g/mol. The zero-order valence-corrected chi connectivity index (χ0v) is 18.1. The summed E-state index contributed by atoms with van der Waals surface area (Å²) in [6.45, 7) is 3.71. The topological polar surface area (TPSA) is 86.2 Å². The number of aromatic nitrogens is 2. The van der Waals surface area contributed by atoms with Crippen LogP contribution in [0.15, 0.2) is 72.9 Å². The summed E-state index contributed by atoms with van der Waals surface area (Å²) in [5.41, 5.74) is 2.52. The predicted octanol–water partition coefficient (Wildman–Crippen LogP) is 5.35. The quantitative estimate of drug-likeness (QED) is 0.389. The first-order valence-electron chi connectivity index (χ1n) is 8.80. The van der Waals surface area contributed by atoms with Gasteiger partial charge in [0.1, 0.15) is 11.5 Å². The van der Waals surface area contributed by atoms with Crippen molar-refractivity contribution in [2.24, 2.45) is 0 Å². The minimum atomic E-state index is -3.54. The van der Waals surface area contributed by atoms with E-state index in [9.17, 15) is 8.42 Å². The summed E-state index contributed by atoms with van der Waals surface area (Å²) in [4.78, 5) is 4.64. The number of rotatable bonds is 5. The fourth-order valence-corrected chi connectivity index (χ4v) is 4.96. The van der Waals surface area contributed by atoms with E-state index in [4.69, 9.17) is 8.94 Å². The maximum Gasteiger partial charge on any atom is 0.293 e. The number of hydrogen-bond donors (Lipinski definition) is 0. The Morgan fingerprint density at radius 2 is 1.86 bits per heavy atom. The van der Waals surface area contributed by atoms with E-state index in [0.717, 1.165) is 15.6 Å². The van der Waals surface area contributed by atoms with Gasteiger partial charge in [-0.3, -0.25) is 0 Å². The number of aryl methyl sites for hydroxylation is 2. The van der Waals surface area contributed by atoms with Gasteiger partial charge in [-0.1, -0.05) is 50.9 Å². The van der Waals surface area contributed by atoms with Gasteiger partial charge in [-0.15, -0.1) is 0 Å². The van der Waals surface area contributed by atoms with Crippen LogP contribution in [-0.4, -0.2) is 18.6 Å². The fraction of sp³-hybridized carbons (Fsp3) is 0.143. The number of halogens is 1. The van der Waals surface area contributed by atoms with Gasteiger partial charge in [0.05, 0.1) is 4.90 Å². The summed E-state index contributed by atoms with van der Waals surface area (Å²) in [6, 6.07) is 16.0. The summed E-state index contributed by atoms with van der Waals surface area (Å²) in [6.07, 6.45) is 0. The van der Waals surface area contributed by atoms with Gasteiger partial charge in [-0.05, 0) is 49.7 Å². The molecule has 0 N–H and O–H groups in total. The van der Waals surface area contributed by atoms with Crippen molar-refractivity contribution in [3.8, 4) is 23.0 Å². The Morgan fingerprint density at radius 3 is 2.62 bits per heavy atom. The Bertz CT molecular complexity index is 1290. The molecular weight excluding hydrogens is 456 g/mol. The highest BCUT2D eigenvalue weighted by molar-refractivity contribution is 9.10. The predicted molar refractivity (Wildman–Crippen MR) is 112 cm³/mol. The van der Waals surface area contributed by atoms with E-state index in [1.54, 1.807) is 31.2 Å². The van der Waals surface area contributed by atoms with Gasteiger partial charge in [0.25, 0.3) is 5.89 Å². The molecule has 0 atom stereocenters. The molecule has 2 aromatic carbocycles. The van der Waals surface area contributed by atoms with Crippen LogP contribution in [0.1, 0.15) is 16.9 Å². The van der Waals surface area contributed by atoms with Gasteiger partial charge in [0.2, 0.25) is 5.82 Å². The Morgan fingerprint density at radius 1 is 1.03 bits per heavy atom. The molecule has 0 spiro atoms. The van der Waals surface area contributed by atoms with Crippen molar-refractivity contribution >= 4 is 25.8 Å². The first-order chi connectivity index (χ1) is 13.8. The van der Waals surface area contributed by atoms with Gasteiger partial charge in [-0.2, -0.15) is 4.98 Å². The molecule has 0 amide bonds. The van der Waals surface area contributed by atoms with Crippen LogP contribution in [0.2, 0.25) is 0 Å². The second kappa shape index (κ2) is 7.61. The average Bonchev–Trinajstić information content (AvgIpc) is 3.30. The SMILES string of the molecule is Cc1ccc(S(=O)(=O)Cc2ccc(-c3nc(-c4cccc(Br)c4)no3)o2)c(C)c1. The molecule has 0 saturated heterocycles. The van der Waals surface area contributed by atoms with Gasteiger partial charge < -0.3 is 8.94 Å². The number of nitrogens with zero attached hydrogens (tertiary/aromatic N) is 2. The van der Waals surface area contributed by atoms with Gasteiger partial charge in [0.15, 0.2) is 15.6 Å². The third kappa shape index (κ3) is 4.18. The van der Waals surface area contributed by atoms with Crippen LogP contribution in [0.25, 0.3) is 23.0 Å². The van der Waals surface area contributed by atoms with Crippen molar-refractivity contribution in [2.75, 3.05) is 0 Å². The third-order valence-electron chi connectivity index (χ3n) is 4.38. The molecule has 0 fully saturated rings. The minimum absolute atomic E-state index is 0.190. The Hall–Kier alpha value is -2.71. The minimum Gasteiger partial charge on any atom is -0.455 e. The van der Waals surface area contributed by atoms with Crippen LogP contribution < -0.4 is 0 Å². The smallest absolute Gasteiger partial charge is 0.293 e. The van der Waals surface area contributed by atoms with Gasteiger partial charge in [0, 0.05) is 10.0 Å². The molecular formula is C21H17BrN2O4S. The van der Waals surface area contributed by atoms with E-state index >= 15 is 0 Å². The highest BCUT2D eigenvalue weighted by atomic mass is 79.9. The Labute approximate surface area is 176 Å². The number of sulfone groups is 1. The van der Waals surface area contributed by atoms with E-state index in [1.165, 1.54) is 0 Å². The maximum atomic E-state index is 12.8. The molecule has 6 nitrogen and oxygen atoms in total. The van der Waals surface area contributed by atoms with E-state index in [-0.39, 0.29) is 11.6 Å². The molecule has 0 radical (unpaired) electrons. The zero-order chi connectivity index (χ0) is 20.6. The second-order valence-electron chi connectivity index (χ2n) is 6.73. The highest BCUT2D eigenvalue weighted by Crippen LogP contribution is 2.27. The highest BCUT2D eigenvalue weighted by Gasteiger charge is 2.21. The van der Waals surface area contributed by atoms with Crippen LogP contribution in [0, 0.1) is 13.8 Å². The lowest BCUT2D eigenvalue weighted by molar-refractivity contribution is 0.413. The van der Waals surface area contributed by atoms with Crippen LogP contribution in [0.4, 0.5) is 0 Å². The van der Waals surface area contributed by atoms with E-state index in [2.05, 4.69) is 26.1 Å². The summed E-state index contributed by atoms with van der Waals surface area (Å²) >= 11 is 3.41. The van der Waals surface area contributed by atoms with E-state index in [1.807, 2.05) is 37.3 Å². The molecule has 2 aromatic heterocycles. The number of benzene rings is 2. The van der Waals surface area contributed by atoms with Crippen molar-refractivity contribution in [3.05, 3.63) is 76.0 Å². The van der Waals surface area contributed by atoms with Crippen LogP contribution in [0.5, 0.6) is 0 Å². The van der Waals surface area contributed by atoms with Crippen LogP contribution >= 0.6 is 15.9 Å². The molecule has 29 heavy (non-hydrogen) atoms. The average molecular weight is 473 g/mol. The van der Waals surface area contributed by atoms with Crippen LogP contribution in [-0.2, 0) is 15.6 Å². The largest absolute Gasteiger partial charge is 0.455 e. The zero-order valence-electron chi connectivity index (χ0n) is 15.7. The number of hydrogen-bond acceptors (Lipinski definition) is 6. The van der Waals surface area contributed by atoms with Crippen molar-refractivity contribution in [2.45, 2.75) is 24.5 Å². The first-order valence-corrected chi connectivity index (χ1v) is 11.2. The first kappa shape index (κ1) is 19.6. The van der Waals surface area contributed by atoms with E-state index < -0.39 is 9.84 Å². The Balaban J connectivity index is 1.57. The standard InChI is InChI=1S/C21H17BrN2O4S/c1-13-6-9-19(14(2)10-13)29(25,26)12-17-7-8-18(27-17)21-23-20(24-28-21)15-4-3-5-16(22)11-15/h3-11H,12H2,1-2H3. The molecule has 8 heteroatoms. The normalized spacial score (nSPS) is 11.7. The fourth-order valence-electron chi connectivity index (χ4n) is 3.05.